The van der Waals surface area contributed by atoms with E-state index in [4.69, 9.17) is 9.47 Å². The van der Waals surface area contributed by atoms with E-state index in [2.05, 4.69) is 46.4 Å². The molecule has 2 nitrogen and oxygen atoms in total. The minimum absolute atomic E-state index is 0.0397. The van der Waals surface area contributed by atoms with Crippen LogP contribution in [0.3, 0.4) is 0 Å². The molecule has 0 aromatic carbocycles. The van der Waals surface area contributed by atoms with E-state index in [9.17, 15) is 0 Å². The Bertz CT molecular complexity index is 320. The minimum atomic E-state index is -0.231. The van der Waals surface area contributed by atoms with Gasteiger partial charge >= 0.3 is 0 Å². The Morgan fingerprint density at radius 2 is 2.06 bits per heavy atom. The van der Waals surface area contributed by atoms with E-state index in [1.807, 2.05) is 12.2 Å². The third kappa shape index (κ3) is 3.74. The number of allylic oxidation sites excluding steroid dienone is 4. The van der Waals surface area contributed by atoms with Gasteiger partial charge in [0.15, 0.2) is 0 Å². The van der Waals surface area contributed by atoms with Crippen molar-refractivity contribution >= 4 is 0 Å². The van der Waals surface area contributed by atoms with Gasteiger partial charge in [-0.15, -0.1) is 6.58 Å². The van der Waals surface area contributed by atoms with Crippen LogP contribution in [0.15, 0.2) is 36.6 Å². The van der Waals surface area contributed by atoms with Crippen LogP contribution in [0.1, 0.15) is 27.7 Å². The van der Waals surface area contributed by atoms with Crippen molar-refractivity contribution in [2.75, 3.05) is 7.11 Å². The fourth-order valence-corrected chi connectivity index (χ4v) is 1.88. The lowest BCUT2D eigenvalue weighted by atomic mass is 9.89. The van der Waals surface area contributed by atoms with Crippen LogP contribution in [0.4, 0.5) is 0 Å². The van der Waals surface area contributed by atoms with E-state index in [1.165, 1.54) is 0 Å². The largest absolute Gasteiger partial charge is 0.465 e. The highest BCUT2D eigenvalue weighted by atomic mass is 16.7. The van der Waals surface area contributed by atoms with Gasteiger partial charge < -0.3 is 9.47 Å². The van der Waals surface area contributed by atoms with Crippen molar-refractivity contribution in [1.82, 2.24) is 0 Å². The first-order valence-electron chi connectivity index (χ1n) is 6.10. The molecule has 17 heavy (non-hydrogen) atoms. The Kier molecular flexibility index (Phi) is 4.58. The molecular formula is C15H24O2. The van der Waals surface area contributed by atoms with Gasteiger partial charge in [0.1, 0.15) is 5.76 Å². The Morgan fingerprint density at radius 1 is 1.41 bits per heavy atom. The molecule has 3 atom stereocenters. The van der Waals surface area contributed by atoms with Crippen molar-refractivity contribution in [3.05, 3.63) is 36.6 Å². The zero-order valence-corrected chi connectivity index (χ0v) is 11.6. The van der Waals surface area contributed by atoms with Gasteiger partial charge in [-0.1, -0.05) is 39.8 Å². The topological polar surface area (TPSA) is 18.5 Å². The molecule has 0 amide bonds. The van der Waals surface area contributed by atoms with Gasteiger partial charge in [0.05, 0.1) is 0 Å². The zero-order valence-electron chi connectivity index (χ0n) is 11.6. The van der Waals surface area contributed by atoms with Gasteiger partial charge in [-0.05, 0) is 18.1 Å². The summed E-state index contributed by atoms with van der Waals surface area (Å²) in [4.78, 5) is 0. The van der Waals surface area contributed by atoms with Gasteiger partial charge in [0, 0.05) is 18.4 Å². The van der Waals surface area contributed by atoms with E-state index < -0.39 is 0 Å². The van der Waals surface area contributed by atoms with Crippen LogP contribution in [0.5, 0.6) is 0 Å². The molecule has 0 heterocycles. The normalized spacial score (nSPS) is 26.3. The van der Waals surface area contributed by atoms with E-state index in [0.717, 1.165) is 5.76 Å². The molecule has 96 valence electrons. The maximum absolute atomic E-state index is 5.89. The summed E-state index contributed by atoms with van der Waals surface area (Å²) in [5.74, 6) is 1.71. The number of methoxy groups -OCH3 is 1. The van der Waals surface area contributed by atoms with E-state index in [0.29, 0.717) is 11.8 Å². The van der Waals surface area contributed by atoms with Gasteiger partial charge in [-0.2, -0.15) is 0 Å². The number of rotatable bonds is 4. The molecule has 1 rings (SSSR count). The van der Waals surface area contributed by atoms with Crippen molar-refractivity contribution in [1.29, 1.82) is 0 Å². The van der Waals surface area contributed by atoms with Crippen LogP contribution >= 0.6 is 0 Å². The van der Waals surface area contributed by atoms with Gasteiger partial charge in [-0.3, -0.25) is 0 Å². The van der Waals surface area contributed by atoms with Gasteiger partial charge in [-0.25, -0.2) is 0 Å². The van der Waals surface area contributed by atoms with Crippen molar-refractivity contribution in [2.45, 2.75) is 34.0 Å². The first kappa shape index (κ1) is 14.0. The molecule has 3 unspecified atom stereocenters. The maximum atomic E-state index is 5.89. The predicted molar refractivity (Wildman–Crippen MR) is 71.4 cm³/mol. The fraction of sp³-hybridized carbons (Fsp3) is 0.600. The molecule has 1 aliphatic rings. The van der Waals surface area contributed by atoms with Crippen molar-refractivity contribution in [3.8, 4) is 0 Å². The summed E-state index contributed by atoms with van der Waals surface area (Å²) in [5.41, 5.74) is -0.0397. The summed E-state index contributed by atoms with van der Waals surface area (Å²) in [6.07, 6.45) is 7.99. The summed E-state index contributed by atoms with van der Waals surface area (Å²) in [6, 6.07) is 0. The fourth-order valence-electron chi connectivity index (χ4n) is 1.88. The molecule has 1 aliphatic carbocycles. The maximum Gasteiger partial charge on any atom is 0.204 e. The second kappa shape index (κ2) is 5.54. The average molecular weight is 236 g/mol. The van der Waals surface area contributed by atoms with Crippen LogP contribution in [0.2, 0.25) is 0 Å². The molecule has 0 aromatic heterocycles. The molecule has 0 saturated heterocycles. The molecule has 0 saturated carbocycles. The number of hydrogen-bond donors (Lipinski definition) is 0. The number of hydrogen-bond acceptors (Lipinski definition) is 2. The number of ether oxygens (including phenoxy) is 2. The van der Waals surface area contributed by atoms with Crippen molar-refractivity contribution < 1.29 is 9.47 Å². The van der Waals surface area contributed by atoms with E-state index in [-0.39, 0.29) is 11.7 Å². The molecular weight excluding hydrogens is 212 g/mol. The lowest BCUT2D eigenvalue weighted by Crippen LogP contribution is -2.31. The molecule has 0 spiro atoms. The monoisotopic (exact) mass is 236 g/mol. The highest BCUT2D eigenvalue weighted by molar-refractivity contribution is 5.23. The summed E-state index contributed by atoms with van der Waals surface area (Å²) >= 11 is 0. The third-order valence-electron chi connectivity index (χ3n) is 2.95. The molecule has 0 aromatic rings. The molecule has 0 N–H and O–H groups in total. The Morgan fingerprint density at radius 3 is 2.47 bits per heavy atom. The molecule has 0 fully saturated rings. The summed E-state index contributed by atoms with van der Waals surface area (Å²) in [5, 5.41) is 0. The smallest absolute Gasteiger partial charge is 0.204 e. The van der Waals surface area contributed by atoms with Crippen LogP contribution < -0.4 is 0 Å². The second-order valence-corrected chi connectivity index (χ2v) is 5.65. The van der Waals surface area contributed by atoms with Crippen LogP contribution in [-0.2, 0) is 9.47 Å². The van der Waals surface area contributed by atoms with Crippen LogP contribution in [-0.4, -0.2) is 13.4 Å². The lowest BCUT2D eigenvalue weighted by molar-refractivity contribution is -0.152. The van der Waals surface area contributed by atoms with Crippen molar-refractivity contribution in [3.63, 3.8) is 0 Å². The Hall–Kier alpha value is -1.02. The average Bonchev–Trinajstić information content (AvgIpc) is 2.24. The van der Waals surface area contributed by atoms with Crippen LogP contribution in [0, 0.1) is 17.3 Å². The highest BCUT2D eigenvalue weighted by Gasteiger charge is 2.27. The standard InChI is InChI=1S/C15H24O2/c1-7-12-8-9-13(10-11(12)2)17-14(16-6)15(3,4)5/h7-12,14H,1H2,2-6H3. The lowest BCUT2D eigenvalue weighted by Gasteiger charge is -2.31. The molecule has 0 radical (unpaired) electrons. The SMILES string of the molecule is C=CC1C=CC(OC(OC)C(C)(C)C)=CC1C. The Balaban J connectivity index is 2.71. The summed E-state index contributed by atoms with van der Waals surface area (Å²) in [7, 11) is 1.68. The van der Waals surface area contributed by atoms with Gasteiger partial charge in [0.2, 0.25) is 6.29 Å². The zero-order chi connectivity index (χ0) is 13.1. The third-order valence-corrected chi connectivity index (χ3v) is 2.95. The Labute approximate surface area is 105 Å². The van der Waals surface area contributed by atoms with Crippen LogP contribution in [0.25, 0.3) is 0 Å². The minimum Gasteiger partial charge on any atom is -0.465 e. The summed E-state index contributed by atoms with van der Waals surface area (Å²) in [6.45, 7) is 12.3. The van der Waals surface area contributed by atoms with E-state index in [1.54, 1.807) is 7.11 Å². The summed E-state index contributed by atoms with van der Waals surface area (Å²) < 4.78 is 11.3. The molecule has 0 aliphatic heterocycles. The first-order valence-corrected chi connectivity index (χ1v) is 6.10. The van der Waals surface area contributed by atoms with Gasteiger partial charge in [0.25, 0.3) is 0 Å². The van der Waals surface area contributed by atoms with E-state index >= 15 is 0 Å². The van der Waals surface area contributed by atoms with Crippen molar-refractivity contribution in [2.24, 2.45) is 17.3 Å². The molecule has 2 heteroatoms. The highest BCUT2D eigenvalue weighted by Crippen LogP contribution is 2.29. The second-order valence-electron chi connectivity index (χ2n) is 5.65. The predicted octanol–water partition coefficient (Wildman–Crippen LogP) is 3.91. The first-order chi connectivity index (χ1) is 7.88. The quantitative estimate of drug-likeness (QED) is 0.544. The molecule has 0 bridgehead atoms.